The highest BCUT2D eigenvalue weighted by Gasteiger charge is 2.20. The Morgan fingerprint density at radius 1 is 1.37 bits per heavy atom. The van der Waals surface area contributed by atoms with Crippen molar-refractivity contribution in [2.24, 2.45) is 5.73 Å². The molecule has 0 spiro atoms. The van der Waals surface area contributed by atoms with Crippen molar-refractivity contribution in [3.8, 4) is 5.75 Å². The van der Waals surface area contributed by atoms with Gasteiger partial charge < -0.3 is 15.8 Å². The first-order valence-corrected chi connectivity index (χ1v) is 6.58. The number of hydrogen-bond acceptors (Lipinski definition) is 3. The van der Waals surface area contributed by atoms with Crippen LogP contribution in [0.3, 0.4) is 0 Å². The third-order valence-corrected chi connectivity index (χ3v) is 2.71. The molecule has 1 amide bonds. The second kappa shape index (κ2) is 6.57. The highest BCUT2D eigenvalue weighted by molar-refractivity contribution is 5.75. The summed E-state index contributed by atoms with van der Waals surface area (Å²) in [5.41, 5.74) is 5.99. The molecule has 0 saturated carbocycles. The van der Waals surface area contributed by atoms with Crippen molar-refractivity contribution in [1.82, 2.24) is 5.32 Å². The Hall–Kier alpha value is -1.55. The van der Waals surface area contributed by atoms with Crippen LogP contribution in [0.25, 0.3) is 0 Å². The molecule has 4 nitrogen and oxygen atoms in total. The smallest absolute Gasteiger partial charge is 0.219 e. The number of benzene rings is 1. The third kappa shape index (κ3) is 5.75. The highest BCUT2D eigenvalue weighted by Crippen LogP contribution is 2.20. The molecule has 1 aromatic carbocycles. The lowest BCUT2D eigenvalue weighted by molar-refractivity contribution is -0.119. The summed E-state index contributed by atoms with van der Waals surface area (Å²) in [7, 11) is 0. The Morgan fingerprint density at radius 3 is 2.58 bits per heavy atom. The van der Waals surface area contributed by atoms with E-state index in [0.717, 1.165) is 11.3 Å². The lowest BCUT2D eigenvalue weighted by Gasteiger charge is -2.25. The molecule has 0 radical (unpaired) electrons. The second-order valence-corrected chi connectivity index (χ2v) is 5.65. The summed E-state index contributed by atoms with van der Waals surface area (Å²) in [6, 6.07) is 7.91. The molecule has 1 rings (SSSR count). The molecule has 0 aliphatic carbocycles. The number of primary amides is 1. The minimum Gasteiger partial charge on any atom is -0.491 e. The van der Waals surface area contributed by atoms with Gasteiger partial charge in [0, 0.05) is 24.1 Å². The zero-order valence-electron chi connectivity index (χ0n) is 12.2. The van der Waals surface area contributed by atoms with E-state index in [1.807, 2.05) is 52.0 Å². The first-order chi connectivity index (χ1) is 8.80. The Morgan fingerprint density at radius 2 is 2.00 bits per heavy atom. The van der Waals surface area contributed by atoms with E-state index in [0.29, 0.717) is 13.0 Å². The quantitative estimate of drug-likeness (QED) is 0.793. The number of ether oxygens (including phenoxy) is 1. The van der Waals surface area contributed by atoms with Crippen molar-refractivity contribution < 1.29 is 9.53 Å². The van der Waals surface area contributed by atoms with Crippen molar-refractivity contribution in [3.63, 3.8) is 0 Å². The number of carbonyl (C=O) groups is 1. The van der Waals surface area contributed by atoms with Crippen molar-refractivity contribution in [3.05, 3.63) is 29.8 Å². The molecule has 0 fully saturated rings. The second-order valence-electron chi connectivity index (χ2n) is 5.65. The van der Waals surface area contributed by atoms with Gasteiger partial charge in [0.1, 0.15) is 5.75 Å². The van der Waals surface area contributed by atoms with Crippen molar-refractivity contribution in [1.29, 1.82) is 0 Å². The predicted octanol–water partition coefficient (Wildman–Crippen LogP) is 2.22. The first-order valence-electron chi connectivity index (χ1n) is 6.58. The van der Waals surface area contributed by atoms with E-state index in [9.17, 15) is 4.79 Å². The van der Waals surface area contributed by atoms with Gasteiger partial charge in [0.15, 0.2) is 0 Å². The van der Waals surface area contributed by atoms with Crippen molar-refractivity contribution in [2.45, 2.75) is 52.3 Å². The molecule has 0 aromatic heterocycles. The summed E-state index contributed by atoms with van der Waals surface area (Å²) in [6.45, 7) is 8.57. The average molecular weight is 264 g/mol. The molecule has 4 heteroatoms. The lowest BCUT2D eigenvalue weighted by atomic mass is 10.00. The highest BCUT2D eigenvalue weighted by atomic mass is 16.5. The maximum Gasteiger partial charge on any atom is 0.219 e. The van der Waals surface area contributed by atoms with Gasteiger partial charge in [-0.05, 0) is 33.8 Å². The molecule has 1 aromatic rings. The SMILES string of the molecule is CC(C)Oc1ccccc1CNC(C)(C)CC(N)=O. The van der Waals surface area contributed by atoms with Gasteiger partial charge in [0.05, 0.1) is 6.10 Å². The minimum atomic E-state index is -0.323. The zero-order chi connectivity index (χ0) is 14.5. The molecule has 106 valence electrons. The van der Waals surface area contributed by atoms with Gasteiger partial charge in [-0.1, -0.05) is 18.2 Å². The summed E-state index contributed by atoms with van der Waals surface area (Å²) in [5, 5.41) is 3.34. The molecule has 19 heavy (non-hydrogen) atoms. The van der Waals surface area contributed by atoms with Crippen LogP contribution in [-0.4, -0.2) is 17.6 Å². The van der Waals surface area contributed by atoms with E-state index in [1.165, 1.54) is 0 Å². The van der Waals surface area contributed by atoms with E-state index in [2.05, 4.69) is 5.32 Å². The van der Waals surface area contributed by atoms with Gasteiger partial charge in [-0.3, -0.25) is 4.79 Å². The van der Waals surface area contributed by atoms with Gasteiger partial charge >= 0.3 is 0 Å². The minimum absolute atomic E-state index is 0.139. The predicted molar refractivity (Wildman–Crippen MR) is 76.9 cm³/mol. The number of rotatable bonds is 7. The van der Waals surface area contributed by atoms with Crippen LogP contribution in [0, 0.1) is 0 Å². The molecule has 0 aliphatic heterocycles. The van der Waals surface area contributed by atoms with Crippen LogP contribution in [0.15, 0.2) is 24.3 Å². The topological polar surface area (TPSA) is 64.3 Å². The normalized spacial score (nSPS) is 11.6. The van der Waals surface area contributed by atoms with Crippen LogP contribution < -0.4 is 15.8 Å². The molecule has 0 unspecified atom stereocenters. The Balaban J connectivity index is 2.69. The van der Waals surface area contributed by atoms with Crippen LogP contribution in [0.5, 0.6) is 5.75 Å². The van der Waals surface area contributed by atoms with Crippen LogP contribution in [-0.2, 0) is 11.3 Å². The molecule has 0 heterocycles. The zero-order valence-corrected chi connectivity index (χ0v) is 12.2. The van der Waals surface area contributed by atoms with Gasteiger partial charge in [-0.25, -0.2) is 0 Å². The number of carbonyl (C=O) groups excluding carboxylic acids is 1. The summed E-state index contributed by atoms with van der Waals surface area (Å²) in [5.74, 6) is 0.573. The maximum absolute atomic E-state index is 11.0. The number of hydrogen-bond donors (Lipinski definition) is 2. The molecular weight excluding hydrogens is 240 g/mol. The fourth-order valence-electron chi connectivity index (χ4n) is 1.85. The summed E-state index contributed by atoms with van der Waals surface area (Å²) < 4.78 is 5.76. The van der Waals surface area contributed by atoms with Gasteiger partial charge in [0.2, 0.25) is 5.91 Å². The lowest BCUT2D eigenvalue weighted by Crippen LogP contribution is -2.42. The largest absolute Gasteiger partial charge is 0.491 e. The molecular formula is C15H24N2O2. The molecule has 3 N–H and O–H groups in total. The first kappa shape index (κ1) is 15.5. The maximum atomic E-state index is 11.0. The third-order valence-electron chi connectivity index (χ3n) is 2.71. The summed E-state index contributed by atoms with van der Waals surface area (Å²) in [6.07, 6.45) is 0.444. The van der Waals surface area contributed by atoms with E-state index in [1.54, 1.807) is 0 Å². The van der Waals surface area contributed by atoms with Crippen molar-refractivity contribution in [2.75, 3.05) is 0 Å². The van der Waals surface area contributed by atoms with Crippen LogP contribution in [0.4, 0.5) is 0 Å². The Labute approximate surface area is 115 Å². The Bertz CT molecular complexity index is 428. The van der Waals surface area contributed by atoms with E-state index >= 15 is 0 Å². The average Bonchev–Trinajstić information content (AvgIpc) is 2.25. The molecule has 0 aliphatic rings. The number of amides is 1. The van der Waals surface area contributed by atoms with E-state index in [-0.39, 0.29) is 17.6 Å². The van der Waals surface area contributed by atoms with Crippen LogP contribution in [0.1, 0.15) is 39.7 Å². The van der Waals surface area contributed by atoms with E-state index in [4.69, 9.17) is 10.5 Å². The van der Waals surface area contributed by atoms with E-state index < -0.39 is 0 Å². The summed E-state index contributed by atoms with van der Waals surface area (Å²) in [4.78, 5) is 11.0. The van der Waals surface area contributed by atoms with Crippen LogP contribution >= 0.6 is 0 Å². The van der Waals surface area contributed by atoms with Gasteiger partial charge in [-0.15, -0.1) is 0 Å². The standard InChI is InChI=1S/C15H24N2O2/c1-11(2)19-13-8-6-5-7-12(13)10-17-15(3,4)9-14(16)18/h5-8,11,17H,9-10H2,1-4H3,(H2,16,18). The molecule has 0 atom stereocenters. The van der Waals surface area contributed by atoms with Crippen LogP contribution in [0.2, 0.25) is 0 Å². The van der Waals surface area contributed by atoms with Gasteiger partial charge in [0.25, 0.3) is 0 Å². The fraction of sp³-hybridized carbons (Fsp3) is 0.533. The molecule has 0 saturated heterocycles. The number of nitrogens with one attached hydrogen (secondary N) is 1. The van der Waals surface area contributed by atoms with Crippen molar-refractivity contribution >= 4 is 5.91 Å². The number of nitrogens with two attached hydrogens (primary N) is 1. The number of para-hydroxylation sites is 1. The Kier molecular flexibility index (Phi) is 5.36. The fourth-order valence-corrected chi connectivity index (χ4v) is 1.85. The summed E-state index contributed by atoms with van der Waals surface area (Å²) >= 11 is 0. The molecule has 0 bridgehead atoms. The monoisotopic (exact) mass is 264 g/mol. The van der Waals surface area contributed by atoms with Gasteiger partial charge in [-0.2, -0.15) is 0 Å².